The fourth-order valence-corrected chi connectivity index (χ4v) is 2.17. The largest absolute Gasteiger partial charge is 0.384 e. The van der Waals surface area contributed by atoms with Crippen LogP contribution in [-0.2, 0) is 0 Å². The van der Waals surface area contributed by atoms with Crippen LogP contribution in [0.25, 0.3) is 0 Å². The van der Waals surface area contributed by atoms with Gasteiger partial charge in [-0.15, -0.1) is 0 Å². The van der Waals surface area contributed by atoms with E-state index in [2.05, 4.69) is 15.0 Å². The van der Waals surface area contributed by atoms with Gasteiger partial charge >= 0.3 is 0 Å². The van der Waals surface area contributed by atoms with Gasteiger partial charge in [0.05, 0.1) is 0 Å². The lowest BCUT2D eigenvalue weighted by atomic mass is 10.2. The van der Waals surface area contributed by atoms with Crippen molar-refractivity contribution in [3.8, 4) is 0 Å². The number of hydrogen-bond donors (Lipinski definition) is 3. The fourth-order valence-electron chi connectivity index (χ4n) is 1.33. The zero-order chi connectivity index (χ0) is 13.1. The summed E-state index contributed by atoms with van der Waals surface area (Å²) >= 11 is 1.22. The van der Waals surface area contributed by atoms with E-state index in [0.29, 0.717) is 21.4 Å². The number of pyridine rings is 1. The van der Waals surface area contributed by atoms with Crippen molar-refractivity contribution in [1.82, 2.24) is 15.0 Å². The van der Waals surface area contributed by atoms with Crippen LogP contribution in [0.2, 0.25) is 0 Å². The molecule has 0 saturated carbocycles. The number of aromatic amines is 1. The van der Waals surface area contributed by atoms with Crippen LogP contribution in [-0.4, -0.2) is 20.8 Å². The first-order valence-electron chi connectivity index (χ1n) is 5.11. The van der Waals surface area contributed by atoms with E-state index in [1.54, 1.807) is 25.3 Å². The number of rotatable bonds is 3. The molecule has 0 fully saturated rings. The van der Waals surface area contributed by atoms with Gasteiger partial charge in [0.15, 0.2) is 5.16 Å². The van der Waals surface area contributed by atoms with Gasteiger partial charge in [-0.25, -0.2) is 9.97 Å². The molecule has 2 aromatic rings. The number of nitrogens with zero attached hydrogens (tertiary/aromatic N) is 2. The Labute approximate surface area is 107 Å². The number of amidine groups is 1. The predicted octanol–water partition coefficient (Wildman–Crippen LogP) is 0.909. The van der Waals surface area contributed by atoms with Gasteiger partial charge in [0.2, 0.25) is 0 Å². The zero-order valence-electron chi connectivity index (χ0n) is 9.60. The molecule has 0 spiro atoms. The fraction of sp³-hybridized carbons (Fsp3) is 0.0909. The summed E-state index contributed by atoms with van der Waals surface area (Å²) in [4.78, 5) is 22.2. The normalized spacial score (nSPS) is 10.3. The van der Waals surface area contributed by atoms with Crippen molar-refractivity contribution in [2.45, 2.75) is 17.1 Å². The topological polar surface area (TPSA) is 109 Å². The minimum absolute atomic E-state index is 0.0232. The standard InChI is InChI=1S/C11H11N5OS/c1-6-4-8(17)16-11(15-6)18-9-5-7(10(12)13)2-3-14-9/h2-5H,1H3,(H3,12,13)(H,15,16,17). The van der Waals surface area contributed by atoms with Gasteiger partial charge in [-0.1, -0.05) is 0 Å². The molecular weight excluding hydrogens is 250 g/mol. The highest BCUT2D eigenvalue weighted by molar-refractivity contribution is 7.99. The molecule has 18 heavy (non-hydrogen) atoms. The van der Waals surface area contributed by atoms with Crippen LogP contribution in [0.15, 0.2) is 39.4 Å². The first-order valence-corrected chi connectivity index (χ1v) is 5.92. The van der Waals surface area contributed by atoms with Gasteiger partial charge in [0.1, 0.15) is 10.9 Å². The van der Waals surface area contributed by atoms with Gasteiger partial charge in [0.25, 0.3) is 5.56 Å². The molecule has 6 nitrogen and oxygen atoms in total. The number of H-pyrrole nitrogens is 1. The number of aryl methyl sites for hydroxylation is 1. The van der Waals surface area contributed by atoms with Crippen molar-refractivity contribution in [2.24, 2.45) is 5.73 Å². The van der Waals surface area contributed by atoms with Gasteiger partial charge in [-0.3, -0.25) is 10.2 Å². The second kappa shape index (κ2) is 5.01. The Balaban J connectivity index is 2.31. The van der Waals surface area contributed by atoms with Crippen LogP contribution in [0, 0.1) is 12.3 Å². The van der Waals surface area contributed by atoms with Crippen LogP contribution in [0.3, 0.4) is 0 Å². The van der Waals surface area contributed by atoms with Crippen molar-refractivity contribution >= 4 is 17.6 Å². The Bertz CT molecular complexity index is 652. The smallest absolute Gasteiger partial charge is 0.251 e. The summed E-state index contributed by atoms with van der Waals surface area (Å²) in [5, 5.41) is 8.43. The molecule has 0 radical (unpaired) electrons. The number of nitrogens with two attached hydrogens (primary N) is 1. The summed E-state index contributed by atoms with van der Waals surface area (Å²) in [5.74, 6) is -0.0232. The summed E-state index contributed by atoms with van der Waals surface area (Å²) in [6, 6.07) is 4.75. The highest BCUT2D eigenvalue weighted by atomic mass is 32.2. The molecule has 0 aromatic carbocycles. The zero-order valence-corrected chi connectivity index (χ0v) is 10.4. The summed E-state index contributed by atoms with van der Waals surface area (Å²) < 4.78 is 0. The maximum Gasteiger partial charge on any atom is 0.251 e. The molecule has 0 amide bonds. The predicted molar refractivity (Wildman–Crippen MR) is 69.0 cm³/mol. The van der Waals surface area contributed by atoms with Crippen LogP contribution in [0.4, 0.5) is 0 Å². The molecule has 0 aliphatic rings. The monoisotopic (exact) mass is 261 g/mol. The highest BCUT2D eigenvalue weighted by Crippen LogP contribution is 2.22. The van der Waals surface area contributed by atoms with Crippen molar-refractivity contribution in [1.29, 1.82) is 5.41 Å². The van der Waals surface area contributed by atoms with Crippen LogP contribution >= 0.6 is 11.8 Å². The molecule has 0 atom stereocenters. The minimum atomic E-state index is -0.201. The second-order valence-corrected chi connectivity index (χ2v) is 4.60. The molecule has 0 aliphatic carbocycles. The molecule has 2 aromatic heterocycles. The van der Waals surface area contributed by atoms with Crippen LogP contribution < -0.4 is 11.3 Å². The molecule has 0 saturated heterocycles. The Kier molecular flexibility index (Phi) is 3.42. The Morgan fingerprint density at radius 1 is 1.50 bits per heavy atom. The Morgan fingerprint density at radius 2 is 2.28 bits per heavy atom. The van der Waals surface area contributed by atoms with E-state index in [4.69, 9.17) is 11.1 Å². The first-order chi connectivity index (χ1) is 8.54. The van der Waals surface area contributed by atoms with E-state index in [-0.39, 0.29) is 11.4 Å². The van der Waals surface area contributed by atoms with Gasteiger partial charge in [0, 0.05) is 23.5 Å². The average molecular weight is 261 g/mol. The third kappa shape index (κ3) is 2.95. The average Bonchev–Trinajstić information content (AvgIpc) is 2.27. The summed E-state index contributed by atoms with van der Waals surface area (Å²) in [6.07, 6.45) is 1.56. The first kappa shape index (κ1) is 12.3. The molecule has 92 valence electrons. The van der Waals surface area contributed by atoms with E-state index in [9.17, 15) is 4.79 Å². The van der Waals surface area contributed by atoms with Gasteiger partial charge in [-0.05, 0) is 30.8 Å². The minimum Gasteiger partial charge on any atom is -0.384 e. The SMILES string of the molecule is Cc1cc(=O)[nH]c(Sc2cc(C(=N)N)ccn2)n1. The molecular formula is C11H11N5OS. The molecule has 0 unspecified atom stereocenters. The molecule has 4 N–H and O–H groups in total. The van der Waals surface area contributed by atoms with E-state index in [0.717, 1.165) is 0 Å². The number of aromatic nitrogens is 3. The van der Waals surface area contributed by atoms with Crippen molar-refractivity contribution in [3.05, 3.63) is 46.0 Å². The summed E-state index contributed by atoms with van der Waals surface area (Å²) in [7, 11) is 0. The van der Waals surface area contributed by atoms with Crippen molar-refractivity contribution in [3.63, 3.8) is 0 Å². The Morgan fingerprint density at radius 3 is 2.94 bits per heavy atom. The summed E-state index contributed by atoms with van der Waals surface area (Å²) in [6.45, 7) is 1.75. The van der Waals surface area contributed by atoms with Crippen LogP contribution in [0.1, 0.15) is 11.3 Å². The lowest BCUT2D eigenvalue weighted by Crippen LogP contribution is -2.11. The van der Waals surface area contributed by atoms with Crippen molar-refractivity contribution in [2.75, 3.05) is 0 Å². The maximum atomic E-state index is 11.3. The molecule has 2 heterocycles. The lowest BCUT2D eigenvalue weighted by Gasteiger charge is -2.03. The van der Waals surface area contributed by atoms with E-state index in [1.807, 2.05) is 0 Å². The molecule has 7 heteroatoms. The van der Waals surface area contributed by atoms with Gasteiger partial charge < -0.3 is 10.7 Å². The number of nitrogen functional groups attached to an aromatic ring is 1. The molecule has 0 aliphatic heterocycles. The Hall–Kier alpha value is -2.15. The van der Waals surface area contributed by atoms with Crippen LogP contribution in [0.5, 0.6) is 0 Å². The second-order valence-electron chi connectivity index (χ2n) is 3.59. The quantitative estimate of drug-likeness (QED) is 0.432. The third-order valence-electron chi connectivity index (χ3n) is 2.10. The van der Waals surface area contributed by atoms with E-state index >= 15 is 0 Å². The lowest BCUT2D eigenvalue weighted by molar-refractivity contribution is 0.902. The maximum absolute atomic E-state index is 11.3. The third-order valence-corrected chi connectivity index (χ3v) is 2.91. The summed E-state index contributed by atoms with van der Waals surface area (Å²) in [5.41, 5.74) is 6.42. The number of hydrogen-bond acceptors (Lipinski definition) is 5. The molecule has 0 bridgehead atoms. The van der Waals surface area contributed by atoms with Crippen molar-refractivity contribution < 1.29 is 0 Å². The highest BCUT2D eigenvalue weighted by Gasteiger charge is 2.05. The molecule has 2 rings (SSSR count). The van der Waals surface area contributed by atoms with E-state index < -0.39 is 0 Å². The van der Waals surface area contributed by atoms with E-state index in [1.165, 1.54) is 17.8 Å². The van der Waals surface area contributed by atoms with Gasteiger partial charge in [-0.2, -0.15) is 0 Å². The number of nitrogens with one attached hydrogen (secondary N) is 2.